The molecule has 4 rings (SSSR count). The van der Waals surface area contributed by atoms with Crippen LogP contribution < -0.4 is 5.73 Å². The van der Waals surface area contributed by atoms with Gasteiger partial charge in [0.1, 0.15) is 12.1 Å². The number of nitrogen functional groups attached to an aromatic ring is 1. The van der Waals surface area contributed by atoms with Gasteiger partial charge in [0, 0.05) is 12.2 Å². The van der Waals surface area contributed by atoms with Gasteiger partial charge in [-0.05, 0) is 32.2 Å². The van der Waals surface area contributed by atoms with Gasteiger partial charge in [0.05, 0.1) is 11.6 Å². The van der Waals surface area contributed by atoms with Crippen LogP contribution in [0.25, 0.3) is 11.4 Å². The van der Waals surface area contributed by atoms with Gasteiger partial charge in [0.2, 0.25) is 11.7 Å². The minimum atomic E-state index is 0.252. The van der Waals surface area contributed by atoms with Crippen molar-refractivity contribution in [3.8, 4) is 11.4 Å². The zero-order valence-electron chi connectivity index (χ0n) is 11.8. The van der Waals surface area contributed by atoms with Crippen LogP contribution in [0.2, 0.25) is 0 Å². The average Bonchev–Trinajstić information content (AvgIpc) is 3.06. The molecule has 0 unspecified atom stereocenters. The molecule has 1 saturated heterocycles. The van der Waals surface area contributed by atoms with E-state index in [1.54, 1.807) is 6.20 Å². The van der Waals surface area contributed by atoms with E-state index in [0.717, 1.165) is 13.0 Å². The lowest BCUT2D eigenvalue weighted by molar-refractivity contribution is 0.0966. The first kappa shape index (κ1) is 12.7. The van der Waals surface area contributed by atoms with Crippen molar-refractivity contribution in [2.45, 2.75) is 44.2 Å². The Balaban J connectivity index is 1.60. The number of hydrogen-bond acceptors (Lipinski definition) is 7. The lowest BCUT2D eigenvalue weighted by atomic mass is 9.91. The number of rotatable bonds is 3. The Hall–Kier alpha value is -2.02. The molecule has 1 saturated carbocycles. The van der Waals surface area contributed by atoms with Gasteiger partial charge < -0.3 is 10.3 Å². The summed E-state index contributed by atoms with van der Waals surface area (Å²) in [5, 5.41) is 4.06. The zero-order chi connectivity index (χ0) is 14.2. The molecule has 1 aliphatic carbocycles. The number of aromatic nitrogens is 4. The summed E-state index contributed by atoms with van der Waals surface area (Å²) in [6.45, 7) is 1.13. The number of hydrogen-bond donors (Lipinski definition) is 1. The lowest BCUT2D eigenvalue weighted by Crippen LogP contribution is -2.39. The molecule has 0 spiro atoms. The third-order valence-corrected chi connectivity index (χ3v) is 4.55. The van der Waals surface area contributed by atoms with E-state index < -0.39 is 0 Å². The van der Waals surface area contributed by atoms with Gasteiger partial charge >= 0.3 is 0 Å². The molecule has 7 nitrogen and oxygen atoms in total. The first-order valence-corrected chi connectivity index (χ1v) is 7.48. The Labute approximate surface area is 122 Å². The van der Waals surface area contributed by atoms with Crippen LogP contribution in [-0.4, -0.2) is 37.6 Å². The molecule has 2 fully saturated rings. The molecule has 2 N–H and O–H groups in total. The van der Waals surface area contributed by atoms with Crippen molar-refractivity contribution in [3.63, 3.8) is 0 Å². The molecule has 110 valence electrons. The van der Waals surface area contributed by atoms with Crippen molar-refractivity contribution < 1.29 is 4.52 Å². The van der Waals surface area contributed by atoms with E-state index in [9.17, 15) is 0 Å². The zero-order valence-corrected chi connectivity index (χ0v) is 11.8. The van der Waals surface area contributed by atoms with Crippen LogP contribution in [0.15, 0.2) is 17.0 Å². The molecular weight excluding hydrogens is 268 g/mol. The minimum Gasteiger partial charge on any atom is -0.383 e. The van der Waals surface area contributed by atoms with Crippen molar-refractivity contribution in [2.24, 2.45) is 0 Å². The Morgan fingerprint density at radius 3 is 2.90 bits per heavy atom. The normalized spacial score (nSPS) is 23.3. The summed E-state index contributed by atoms with van der Waals surface area (Å²) in [5.74, 6) is 1.54. The molecule has 0 aromatic carbocycles. The summed E-state index contributed by atoms with van der Waals surface area (Å²) in [6.07, 6.45) is 9.22. The van der Waals surface area contributed by atoms with Crippen molar-refractivity contribution in [1.82, 2.24) is 25.0 Å². The molecule has 2 aromatic heterocycles. The molecule has 0 radical (unpaired) electrons. The highest BCUT2D eigenvalue weighted by molar-refractivity contribution is 5.66. The molecule has 0 bridgehead atoms. The molecule has 0 amide bonds. The van der Waals surface area contributed by atoms with Crippen molar-refractivity contribution >= 4 is 5.82 Å². The van der Waals surface area contributed by atoms with Gasteiger partial charge in [-0.3, -0.25) is 4.90 Å². The second-order valence-corrected chi connectivity index (χ2v) is 5.76. The van der Waals surface area contributed by atoms with Gasteiger partial charge in [-0.1, -0.05) is 11.6 Å². The maximum atomic E-state index is 5.84. The maximum Gasteiger partial charge on any atom is 0.244 e. The molecule has 2 aromatic rings. The Kier molecular flexibility index (Phi) is 3.07. The van der Waals surface area contributed by atoms with Crippen LogP contribution in [0.4, 0.5) is 5.82 Å². The molecule has 3 heterocycles. The van der Waals surface area contributed by atoms with Gasteiger partial charge in [-0.2, -0.15) is 4.98 Å². The largest absolute Gasteiger partial charge is 0.383 e. The number of likely N-dealkylation sites (tertiary alicyclic amines) is 1. The topological polar surface area (TPSA) is 94.0 Å². The summed E-state index contributed by atoms with van der Waals surface area (Å²) in [7, 11) is 0. The fourth-order valence-electron chi connectivity index (χ4n) is 3.20. The van der Waals surface area contributed by atoms with Crippen molar-refractivity contribution in [3.05, 3.63) is 18.4 Å². The van der Waals surface area contributed by atoms with E-state index in [1.807, 2.05) is 0 Å². The van der Waals surface area contributed by atoms with Crippen molar-refractivity contribution in [2.75, 3.05) is 12.3 Å². The van der Waals surface area contributed by atoms with E-state index in [-0.39, 0.29) is 6.04 Å². The minimum absolute atomic E-state index is 0.252. The number of nitrogens with zero attached hydrogens (tertiary/aromatic N) is 5. The first-order chi connectivity index (χ1) is 10.3. The predicted molar refractivity (Wildman–Crippen MR) is 76.1 cm³/mol. The van der Waals surface area contributed by atoms with Gasteiger partial charge in [0.15, 0.2) is 0 Å². The van der Waals surface area contributed by atoms with Crippen LogP contribution in [0.3, 0.4) is 0 Å². The second-order valence-electron chi connectivity index (χ2n) is 5.76. The van der Waals surface area contributed by atoms with E-state index in [0.29, 0.717) is 29.1 Å². The monoisotopic (exact) mass is 286 g/mol. The molecule has 7 heteroatoms. The summed E-state index contributed by atoms with van der Waals surface area (Å²) in [6, 6.07) is 0.945. The fourth-order valence-corrected chi connectivity index (χ4v) is 3.20. The standard InChI is InChI=1S/C14H18N6O/c15-12-10(7-16-8-17-12)13-18-14(21-19-13)11-5-2-6-20(11)9-3-1-4-9/h7-9,11H,1-6H2,(H2,15,16,17)/t11-/m0/s1. The lowest BCUT2D eigenvalue weighted by Gasteiger charge is -2.37. The van der Waals surface area contributed by atoms with Crippen molar-refractivity contribution in [1.29, 1.82) is 0 Å². The third-order valence-electron chi connectivity index (χ3n) is 4.55. The highest BCUT2D eigenvalue weighted by atomic mass is 16.5. The van der Waals surface area contributed by atoms with Gasteiger partial charge in [-0.15, -0.1) is 0 Å². The van der Waals surface area contributed by atoms with E-state index in [1.165, 1.54) is 32.0 Å². The summed E-state index contributed by atoms with van der Waals surface area (Å²) < 4.78 is 5.49. The van der Waals surface area contributed by atoms with Crippen LogP contribution >= 0.6 is 0 Å². The van der Waals surface area contributed by atoms with E-state index >= 15 is 0 Å². The number of nitrogens with two attached hydrogens (primary N) is 1. The highest BCUT2D eigenvalue weighted by Crippen LogP contribution is 2.39. The SMILES string of the molecule is Nc1ncncc1-c1noc([C@@H]2CCCN2C2CCC2)n1. The maximum absolute atomic E-state index is 5.84. The van der Waals surface area contributed by atoms with E-state index in [4.69, 9.17) is 10.3 Å². The third kappa shape index (κ3) is 2.17. The van der Waals surface area contributed by atoms with Crippen LogP contribution in [-0.2, 0) is 0 Å². The fraction of sp³-hybridized carbons (Fsp3) is 0.571. The first-order valence-electron chi connectivity index (χ1n) is 7.48. The second kappa shape index (κ2) is 5.07. The summed E-state index contributed by atoms with van der Waals surface area (Å²) >= 11 is 0. The average molecular weight is 286 g/mol. The predicted octanol–water partition coefficient (Wildman–Crippen LogP) is 1.80. The Morgan fingerprint density at radius 2 is 2.14 bits per heavy atom. The molecule has 21 heavy (non-hydrogen) atoms. The molecule has 1 aliphatic heterocycles. The van der Waals surface area contributed by atoms with Crippen LogP contribution in [0, 0.1) is 0 Å². The number of anilines is 1. The summed E-state index contributed by atoms with van der Waals surface area (Å²) in [5.41, 5.74) is 6.46. The van der Waals surface area contributed by atoms with Crippen LogP contribution in [0.1, 0.15) is 44.0 Å². The smallest absolute Gasteiger partial charge is 0.244 e. The molecule has 1 atom stereocenters. The Bertz CT molecular complexity index is 638. The van der Waals surface area contributed by atoms with Crippen LogP contribution in [0.5, 0.6) is 0 Å². The summed E-state index contributed by atoms with van der Waals surface area (Å²) in [4.78, 5) is 15.0. The van der Waals surface area contributed by atoms with Gasteiger partial charge in [0.25, 0.3) is 0 Å². The highest BCUT2D eigenvalue weighted by Gasteiger charge is 2.37. The molecular formula is C14H18N6O. The van der Waals surface area contributed by atoms with E-state index in [2.05, 4.69) is 25.0 Å². The Morgan fingerprint density at radius 1 is 1.24 bits per heavy atom. The van der Waals surface area contributed by atoms with Gasteiger partial charge in [-0.25, -0.2) is 9.97 Å². The molecule has 2 aliphatic rings. The quantitative estimate of drug-likeness (QED) is 0.919.